The average Bonchev–Trinajstić information content (AvgIpc) is 2.82. The van der Waals surface area contributed by atoms with Crippen LogP contribution in [0.2, 0.25) is 0 Å². The third-order valence-electron chi connectivity index (χ3n) is 4.48. The molecule has 1 atom stereocenters. The zero-order valence-corrected chi connectivity index (χ0v) is 13.1. The Balaban J connectivity index is 1.93. The molecule has 3 heterocycles. The van der Waals surface area contributed by atoms with E-state index in [-0.39, 0.29) is 11.9 Å². The molecular weight excluding hydrogens is 286 g/mol. The Kier molecular flexibility index (Phi) is 3.52. The van der Waals surface area contributed by atoms with Crippen LogP contribution in [0.5, 0.6) is 0 Å². The molecule has 0 bridgehead atoms. The molecule has 0 aliphatic carbocycles. The SMILES string of the molecule is Cc1nnc(N2CCN3C(=O)CCC3C2)c(C(N)=S)c1C. The summed E-state index contributed by atoms with van der Waals surface area (Å²) in [6.07, 6.45) is 1.56. The van der Waals surface area contributed by atoms with Gasteiger partial charge in [0.1, 0.15) is 4.99 Å². The number of thiocarbonyl (C=S) groups is 1. The molecule has 112 valence electrons. The number of piperazine rings is 1. The fourth-order valence-electron chi connectivity index (χ4n) is 3.17. The summed E-state index contributed by atoms with van der Waals surface area (Å²) in [7, 11) is 0. The van der Waals surface area contributed by atoms with Gasteiger partial charge in [-0.2, -0.15) is 5.10 Å². The van der Waals surface area contributed by atoms with Crippen LogP contribution in [-0.2, 0) is 4.79 Å². The highest BCUT2D eigenvalue weighted by Gasteiger charge is 2.36. The molecule has 2 saturated heterocycles. The Morgan fingerprint density at radius 1 is 1.33 bits per heavy atom. The third kappa shape index (κ3) is 2.35. The molecule has 1 unspecified atom stereocenters. The summed E-state index contributed by atoms with van der Waals surface area (Å²) in [5.41, 5.74) is 8.53. The van der Waals surface area contributed by atoms with Gasteiger partial charge in [0.05, 0.1) is 11.3 Å². The molecule has 6 nitrogen and oxygen atoms in total. The fourth-order valence-corrected chi connectivity index (χ4v) is 3.41. The number of hydrogen-bond acceptors (Lipinski definition) is 5. The second-order valence-corrected chi connectivity index (χ2v) is 6.14. The van der Waals surface area contributed by atoms with Gasteiger partial charge in [-0.05, 0) is 25.8 Å². The Morgan fingerprint density at radius 3 is 2.81 bits per heavy atom. The molecule has 2 N–H and O–H groups in total. The summed E-state index contributed by atoms with van der Waals surface area (Å²) in [6.45, 7) is 6.13. The monoisotopic (exact) mass is 305 g/mol. The number of fused-ring (bicyclic) bond motifs is 1. The number of anilines is 1. The summed E-state index contributed by atoms with van der Waals surface area (Å²) in [5, 5.41) is 8.53. The van der Waals surface area contributed by atoms with Crippen LogP contribution in [0.15, 0.2) is 0 Å². The molecular formula is C14H19N5OS. The lowest BCUT2D eigenvalue weighted by molar-refractivity contribution is -0.129. The van der Waals surface area contributed by atoms with Crippen molar-refractivity contribution in [1.29, 1.82) is 0 Å². The Bertz CT molecular complexity index is 618. The molecule has 1 aromatic rings. The van der Waals surface area contributed by atoms with E-state index in [1.54, 1.807) is 0 Å². The highest BCUT2D eigenvalue weighted by Crippen LogP contribution is 2.28. The number of hydrogen-bond donors (Lipinski definition) is 1. The highest BCUT2D eigenvalue weighted by molar-refractivity contribution is 7.80. The van der Waals surface area contributed by atoms with Gasteiger partial charge < -0.3 is 15.5 Å². The van der Waals surface area contributed by atoms with Crippen molar-refractivity contribution in [2.24, 2.45) is 5.73 Å². The average molecular weight is 305 g/mol. The first kappa shape index (κ1) is 14.2. The number of nitrogens with two attached hydrogens (primary N) is 1. The zero-order chi connectivity index (χ0) is 15.1. The summed E-state index contributed by atoms with van der Waals surface area (Å²) in [4.78, 5) is 16.3. The third-order valence-corrected chi connectivity index (χ3v) is 4.68. The summed E-state index contributed by atoms with van der Waals surface area (Å²) in [5.74, 6) is 1.02. The second-order valence-electron chi connectivity index (χ2n) is 5.70. The lowest BCUT2D eigenvalue weighted by atomic mass is 10.1. The molecule has 21 heavy (non-hydrogen) atoms. The van der Waals surface area contributed by atoms with Gasteiger partial charge in [-0.1, -0.05) is 12.2 Å². The molecule has 0 radical (unpaired) electrons. The minimum absolute atomic E-state index is 0.264. The maximum Gasteiger partial charge on any atom is 0.223 e. The van der Waals surface area contributed by atoms with Crippen LogP contribution in [0.4, 0.5) is 5.82 Å². The van der Waals surface area contributed by atoms with Crippen LogP contribution in [-0.4, -0.2) is 51.7 Å². The Morgan fingerprint density at radius 2 is 2.10 bits per heavy atom. The van der Waals surface area contributed by atoms with Gasteiger partial charge in [0, 0.05) is 32.1 Å². The fraction of sp³-hybridized carbons (Fsp3) is 0.571. The molecule has 0 saturated carbocycles. The quantitative estimate of drug-likeness (QED) is 0.804. The molecule has 0 spiro atoms. The van der Waals surface area contributed by atoms with E-state index in [9.17, 15) is 4.79 Å². The van der Waals surface area contributed by atoms with E-state index in [1.807, 2.05) is 18.7 Å². The normalized spacial score (nSPS) is 21.6. The topological polar surface area (TPSA) is 75.4 Å². The minimum Gasteiger partial charge on any atom is -0.389 e. The Labute approximate surface area is 129 Å². The first-order chi connectivity index (χ1) is 9.99. The van der Waals surface area contributed by atoms with E-state index in [1.165, 1.54) is 0 Å². The molecule has 2 aliphatic heterocycles. The van der Waals surface area contributed by atoms with Crippen LogP contribution in [0, 0.1) is 13.8 Å². The largest absolute Gasteiger partial charge is 0.389 e. The summed E-state index contributed by atoms with van der Waals surface area (Å²) in [6, 6.07) is 0.272. The Hall–Kier alpha value is -1.76. The molecule has 1 aromatic heterocycles. The van der Waals surface area contributed by atoms with E-state index < -0.39 is 0 Å². The van der Waals surface area contributed by atoms with E-state index in [0.717, 1.165) is 48.7 Å². The van der Waals surface area contributed by atoms with E-state index in [0.29, 0.717) is 11.4 Å². The zero-order valence-electron chi connectivity index (χ0n) is 12.3. The number of aryl methyl sites for hydroxylation is 1. The number of aromatic nitrogens is 2. The van der Waals surface area contributed by atoms with Gasteiger partial charge >= 0.3 is 0 Å². The minimum atomic E-state index is 0.264. The van der Waals surface area contributed by atoms with E-state index >= 15 is 0 Å². The van der Waals surface area contributed by atoms with Crippen molar-refractivity contribution in [2.75, 3.05) is 24.5 Å². The summed E-state index contributed by atoms with van der Waals surface area (Å²) >= 11 is 5.20. The van der Waals surface area contributed by atoms with Crippen molar-refractivity contribution < 1.29 is 4.79 Å². The second kappa shape index (κ2) is 5.22. The summed E-state index contributed by atoms with van der Waals surface area (Å²) < 4.78 is 0. The number of carbonyl (C=O) groups is 1. The standard InChI is InChI=1S/C14H19N5OS/c1-8-9(2)16-17-14(12(8)13(15)21)18-5-6-19-10(7-18)3-4-11(19)20/h10H,3-7H2,1-2H3,(H2,15,21). The van der Waals surface area contributed by atoms with E-state index in [2.05, 4.69) is 15.1 Å². The van der Waals surface area contributed by atoms with Crippen LogP contribution >= 0.6 is 12.2 Å². The van der Waals surface area contributed by atoms with Gasteiger partial charge in [0.2, 0.25) is 5.91 Å². The maximum absolute atomic E-state index is 11.8. The highest BCUT2D eigenvalue weighted by atomic mass is 32.1. The van der Waals surface area contributed by atoms with Crippen LogP contribution in [0.3, 0.4) is 0 Å². The predicted molar refractivity (Wildman–Crippen MR) is 84.3 cm³/mol. The van der Waals surface area contributed by atoms with Gasteiger partial charge in [-0.25, -0.2) is 0 Å². The maximum atomic E-state index is 11.8. The first-order valence-corrected chi connectivity index (χ1v) is 7.58. The molecule has 2 fully saturated rings. The lowest BCUT2D eigenvalue weighted by Crippen LogP contribution is -2.52. The van der Waals surface area contributed by atoms with Crippen molar-refractivity contribution in [3.63, 3.8) is 0 Å². The predicted octanol–water partition coefficient (Wildman–Crippen LogP) is 0.539. The van der Waals surface area contributed by atoms with Crippen LogP contribution < -0.4 is 10.6 Å². The van der Waals surface area contributed by atoms with E-state index in [4.69, 9.17) is 18.0 Å². The van der Waals surface area contributed by atoms with Crippen molar-refractivity contribution >= 4 is 28.9 Å². The lowest BCUT2D eigenvalue weighted by Gasteiger charge is -2.38. The molecule has 1 amide bonds. The van der Waals surface area contributed by atoms with Crippen LogP contribution in [0.1, 0.15) is 29.7 Å². The molecule has 7 heteroatoms. The van der Waals surface area contributed by atoms with Gasteiger partial charge in [0.25, 0.3) is 0 Å². The van der Waals surface area contributed by atoms with Gasteiger partial charge in [-0.3, -0.25) is 4.79 Å². The van der Waals surface area contributed by atoms with Gasteiger partial charge in [0.15, 0.2) is 5.82 Å². The van der Waals surface area contributed by atoms with Crippen molar-refractivity contribution in [1.82, 2.24) is 15.1 Å². The number of carbonyl (C=O) groups excluding carboxylic acids is 1. The van der Waals surface area contributed by atoms with Crippen molar-refractivity contribution in [3.8, 4) is 0 Å². The number of amides is 1. The first-order valence-electron chi connectivity index (χ1n) is 7.17. The molecule has 2 aliphatic rings. The van der Waals surface area contributed by atoms with Gasteiger partial charge in [-0.15, -0.1) is 5.10 Å². The molecule has 3 rings (SSSR count). The van der Waals surface area contributed by atoms with Crippen molar-refractivity contribution in [3.05, 3.63) is 16.8 Å². The van der Waals surface area contributed by atoms with Crippen molar-refractivity contribution in [2.45, 2.75) is 32.7 Å². The molecule has 0 aromatic carbocycles. The van der Waals surface area contributed by atoms with Crippen LogP contribution in [0.25, 0.3) is 0 Å². The number of rotatable bonds is 2. The smallest absolute Gasteiger partial charge is 0.223 e. The number of nitrogens with zero attached hydrogens (tertiary/aromatic N) is 4.